The van der Waals surface area contributed by atoms with Gasteiger partial charge in [-0.05, 0) is 19.3 Å². The lowest BCUT2D eigenvalue weighted by molar-refractivity contribution is -0.137. The van der Waals surface area contributed by atoms with Gasteiger partial charge in [0.25, 0.3) is 0 Å². The summed E-state index contributed by atoms with van der Waals surface area (Å²) in [7, 11) is 0. The van der Waals surface area contributed by atoms with Crippen LogP contribution in [-0.2, 0) is 4.79 Å². The van der Waals surface area contributed by atoms with Crippen LogP contribution in [0.5, 0.6) is 0 Å². The van der Waals surface area contributed by atoms with Crippen LogP contribution >= 0.6 is 22.6 Å². The van der Waals surface area contributed by atoms with Gasteiger partial charge in [0.15, 0.2) is 0 Å². The van der Waals surface area contributed by atoms with Gasteiger partial charge in [-0.15, -0.1) is 0 Å². The van der Waals surface area contributed by atoms with Gasteiger partial charge in [-0.2, -0.15) is 0 Å². The number of carbonyl (C=O) groups is 1. The molecule has 0 bridgehead atoms. The van der Waals surface area contributed by atoms with Crippen LogP contribution in [0.2, 0.25) is 0 Å². The molecule has 0 heterocycles. The molecule has 2 N–H and O–H groups in total. The third-order valence-electron chi connectivity index (χ3n) is 1.62. The Bertz CT molecular complexity index is 127. The zero-order valence-corrected chi connectivity index (χ0v) is 9.16. The van der Waals surface area contributed by atoms with Crippen LogP contribution in [0.3, 0.4) is 0 Å². The van der Waals surface area contributed by atoms with Gasteiger partial charge >= 0.3 is 5.97 Å². The number of aliphatic carboxylic acids is 1. The van der Waals surface area contributed by atoms with E-state index in [4.69, 9.17) is 5.11 Å². The van der Waals surface area contributed by atoms with E-state index in [1.807, 2.05) is 0 Å². The highest BCUT2D eigenvalue weighted by molar-refractivity contribution is 14.1. The van der Waals surface area contributed by atoms with Gasteiger partial charge in [0, 0.05) is 10.8 Å². The van der Waals surface area contributed by atoms with Crippen molar-refractivity contribution in [3.63, 3.8) is 0 Å². The maximum absolute atomic E-state index is 10.1. The Labute approximate surface area is 86.3 Å². The molecule has 0 aliphatic heterocycles. The Balaban J connectivity index is 3.13. The number of rotatable bonds is 7. The fourth-order valence-corrected chi connectivity index (χ4v) is 1.65. The summed E-state index contributed by atoms with van der Waals surface area (Å²) in [4.78, 5) is 10.1. The molecule has 0 aromatic rings. The molecule has 1 atom stereocenters. The molecule has 0 amide bonds. The molecule has 0 spiro atoms. The minimum Gasteiger partial charge on any atom is -0.481 e. The number of aliphatic hydroxyl groups is 1. The van der Waals surface area contributed by atoms with Crippen molar-refractivity contribution in [2.75, 3.05) is 4.43 Å². The minimum atomic E-state index is -0.751. The second-order valence-electron chi connectivity index (χ2n) is 2.77. The highest BCUT2D eigenvalue weighted by Crippen LogP contribution is 2.07. The summed E-state index contributed by atoms with van der Waals surface area (Å²) in [5.74, 6) is -0.751. The Morgan fingerprint density at radius 2 is 2.00 bits per heavy atom. The van der Waals surface area contributed by atoms with Crippen molar-refractivity contribution in [2.45, 2.75) is 38.2 Å². The highest BCUT2D eigenvalue weighted by atomic mass is 127. The number of carboxylic acid groups (broad SMARTS) is 1. The van der Waals surface area contributed by atoms with E-state index < -0.39 is 5.97 Å². The smallest absolute Gasteiger partial charge is 0.303 e. The van der Waals surface area contributed by atoms with Crippen LogP contribution in [0, 0.1) is 0 Å². The topological polar surface area (TPSA) is 57.5 Å². The molecule has 0 aromatic heterocycles. The number of aliphatic hydroxyl groups excluding tert-OH is 1. The highest BCUT2D eigenvalue weighted by Gasteiger charge is 2.03. The van der Waals surface area contributed by atoms with E-state index in [0.29, 0.717) is 6.42 Å². The molecule has 0 aromatic carbocycles. The molecule has 1 unspecified atom stereocenters. The molecule has 4 heteroatoms. The molecule has 72 valence electrons. The van der Waals surface area contributed by atoms with Gasteiger partial charge in [-0.25, -0.2) is 0 Å². The lowest BCUT2D eigenvalue weighted by atomic mass is 10.1. The average molecular weight is 286 g/mol. The molecular weight excluding hydrogens is 271 g/mol. The lowest BCUT2D eigenvalue weighted by Gasteiger charge is -2.06. The number of hydrogen-bond donors (Lipinski definition) is 2. The Morgan fingerprint density at radius 3 is 2.50 bits per heavy atom. The van der Waals surface area contributed by atoms with Crippen LogP contribution in [-0.4, -0.2) is 26.7 Å². The van der Waals surface area contributed by atoms with E-state index in [9.17, 15) is 9.90 Å². The molecule has 0 aliphatic rings. The number of carboxylic acids is 1. The zero-order chi connectivity index (χ0) is 9.40. The van der Waals surface area contributed by atoms with Crippen molar-refractivity contribution < 1.29 is 15.0 Å². The van der Waals surface area contributed by atoms with Crippen LogP contribution in [0.1, 0.15) is 32.1 Å². The van der Waals surface area contributed by atoms with Crippen molar-refractivity contribution in [1.29, 1.82) is 0 Å². The average Bonchev–Trinajstić information content (AvgIpc) is 1.98. The van der Waals surface area contributed by atoms with Crippen LogP contribution in [0.25, 0.3) is 0 Å². The van der Waals surface area contributed by atoms with Gasteiger partial charge in [0.05, 0.1) is 6.10 Å². The summed E-state index contributed by atoms with van der Waals surface area (Å²) in [6.45, 7) is 0. The molecule has 0 fully saturated rings. The number of unbranched alkanes of at least 4 members (excludes halogenated alkanes) is 1. The van der Waals surface area contributed by atoms with E-state index in [0.717, 1.165) is 23.7 Å². The monoisotopic (exact) mass is 286 g/mol. The van der Waals surface area contributed by atoms with E-state index in [2.05, 4.69) is 22.6 Å². The Hall–Kier alpha value is 0.160. The van der Waals surface area contributed by atoms with Gasteiger partial charge < -0.3 is 10.2 Å². The maximum Gasteiger partial charge on any atom is 0.303 e. The summed E-state index contributed by atoms with van der Waals surface area (Å²) in [6.07, 6.45) is 3.01. The third kappa shape index (κ3) is 8.26. The van der Waals surface area contributed by atoms with E-state index in [-0.39, 0.29) is 12.5 Å². The first kappa shape index (κ1) is 12.2. The van der Waals surface area contributed by atoms with Crippen LogP contribution in [0.4, 0.5) is 0 Å². The molecule has 0 saturated carbocycles. The third-order valence-corrected chi connectivity index (χ3v) is 2.24. The summed E-state index contributed by atoms with van der Waals surface area (Å²) in [5, 5.41) is 17.6. The van der Waals surface area contributed by atoms with Crippen molar-refractivity contribution in [3.05, 3.63) is 0 Å². The Morgan fingerprint density at radius 1 is 1.33 bits per heavy atom. The first-order chi connectivity index (χ1) is 5.66. The van der Waals surface area contributed by atoms with E-state index >= 15 is 0 Å². The molecule has 0 aliphatic carbocycles. The van der Waals surface area contributed by atoms with E-state index in [1.54, 1.807) is 0 Å². The first-order valence-electron chi connectivity index (χ1n) is 4.12. The van der Waals surface area contributed by atoms with Crippen LogP contribution < -0.4 is 0 Å². The summed E-state index contributed by atoms with van der Waals surface area (Å²) >= 11 is 2.22. The number of alkyl halides is 1. The van der Waals surface area contributed by atoms with Crippen LogP contribution in [0.15, 0.2) is 0 Å². The summed E-state index contributed by atoms with van der Waals surface area (Å²) in [6, 6.07) is 0. The van der Waals surface area contributed by atoms with Gasteiger partial charge in [0.2, 0.25) is 0 Å². The summed E-state index contributed by atoms with van der Waals surface area (Å²) < 4.78 is 0.956. The van der Waals surface area contributed by atoms with Gasteiger partial charge in [-0.3, -0.25) is 4.79 Å². The maximum atomic E-state index is 10.1. The van der Waals surface area contributed by atoms with Crippen molar-refractivity contribution in [1.82, 2.24) is 0 Å². The molecule has 3 nitrogen and oxygen atoms in total. The molecule has 0 saturated heterocycles. The Kier molecular flexibility index (Phi) is 7.89. The largest absolute Gasteiger partial charge is 0.481 e. The van der Waals surface area contributed by atoms with E-state index in [1.165, 1.54) is 0 Å². The van der Waals surface area contributed by atoms with Gasteiger partial charge in [0.1, 0.15) is 0 Å². The second kappa shape index (κ2) is 7.79. The molecule has 12 heavy (non-hydrogen) atoms. The quantitative estimate of drug-likeness (QED) is 0.426. The molecular formula is C8H15IO3. The predicted octanol–water partition coefficient (Wildman–Crippen LogP) is 1.82. The fourth-order valence-electron chi connectivity index (χ4n) is 0.926. The zero-order valence-electron chi connectivity index (χ0n) is 7.00. The number of halogens is 1. The SMILES string of the molecule is O=C(O)CCCCC(O)CCI. The fraction of sp³-hybridized carbons (Fsp3) is 0.875. The number of hydrogen-bond acceptors (Lipinski definition) is 2. The predicted molar refractivity (Wildman–Crippen MR) is 55.6 cm³/mol. The molecule has 0 radical (unpaired) electrons. The lowest BCUT2D eigenvalue weighted by Crippen LogP contribution is -2.06. The molecule has 0 rings (SSSR count). The minimum absolute atomic E-state index is 0.219. The van der Waals surface area contributed by atoms with Crippen molar-refractivity contribution in [3.8, 4) is 0 Å². The standard InChI is InChI=1S/C8H15IO3/c9-6-5-7(10)3-1-2-4-8(11)12/h7,10H,1-6H2,(H,11,12). The van der Waals surface area contributed by atoms with Crippen molar-refractivity contribution >= 4 is 28.6 Å². The first-order valence-corrected chi connectivity index (χ1v) is 5.65. The summed E-state index contributed by atoms with van der Waals surface area (Å²) in [5.41, 5.74) is 0. The van der Waals surface area contributed by atoms with Crippen molar-refractivity contribution in [2.24, 2.45) is 0 Å². The normalized spacial score (nSPS) is 12.8. The van der Waals surface area contributed by atoms with Gasteiger partial charge in [-0.1, -0.05) is 29.0 Å². The second-order valence-corrected chi connectivity index (χ2v) is 3.85.